The van der Waals surface area contributed by atoms with E-state index >= 15 is 0 Å². The van der Waals surface area contributed by atoms with Crippen molar-refractivity contribution in [2.24, 2.45) is 0 Å². The molecule has 0 saturated carbocycles. The lowest BCUT2D eigenvalue weighted by Gasteiger charge is -2.34. The molecule has 0 aromatic heterocycles. The monoisotopic (exact) mass is 287 g/mol. The van der Waals surface area contributed by atoms with Crippen LogP contribution in [0.1, 0.15) is 44.2 Å². The number of rotatable bonds is 5. The summed E-state index contributed by atoms with van der Waals surface area (Å²) >= 11 is 0. The maximum atomic E-state index is 5.50. The predicted molar refractivity (Wildman–Crippen MR) is 89.8 cm³/mol. The quantitative estimate of drug-likeness (QED) is 0.754. The third-order valence-electron chi connectivity index (χ3n) is 4.28. The van der Waals surface area contributed by atoms with Gasteiger partial charge in [0.1, 0.15) is 0 Å². The van der Waals surface area contributed by atoms with Gasteiger partial charge in [-0.2, -0.15) is 0 Å². The lowest BCUT2D eigenvalue weighted by molar-refractivity contribution is 0.0231. The molecule has 0 N–H and O–H groups in total. The Hall–Kier alpha value is -1.12. The molecule has 0 amide bonds. The van der Waals surface area contributed by atoms with Crippen LogP contribution in [0.4, 0.5) is 0 Å². The molecule has 0 spiro atoms. The van der Waals surface area contributed by atoms with Crippen molar-refractivity contribution in [1.29, 1.82) is 0 Å². The molecule has 116 valence electrons. The van der Waals surface area contributed by atoms with E-state index in [9.17, 15) is 0 Å². The van der Waals surface area contributed by atoms with Crippen molar-refractivity contribution in [1.82, 2.24) is 4.90 Å². The van der Waals surface area contributed by atoms with Crippen LogP contribution in [0.2, 0.25) is 0 Å². The highest BCUT2D eigenvalue weighted by Crippen LogP contribution is 2.25. The van der Waals surface area contributed by atoms with Crippen LogP contribution in [0.3, 0.4) is 0 Å². The normalized spacial score (nSPS) is 19.0. The molecule has 1 aromatic carbocycles. The molecular weight excluding hydrogens is 258 g/mol. The molecule has 1 fully saturated rings. The van der Waals surface area contributed by atoms with Crippen LogP contribution in [0.5, 0.6) is 0 Å². The Bertz CT molecular complexity index is 453. The summed E-state index contributed by atoms with van der Waals surface area (Å²) in [6, 6.07) is 9.51. The maximum Gasteiger partial charge on any atom is 0.0594 e. The van der Waals surface area contributed by atoms with Gasteiger partial charge in [0.25, 0.3) is 0 Å². The lowest BCUT2D eigenvalue weighted by atomic mass is 9.91. The highest BCUT2D eigenvalue weighted by molar-refractivity contribution is 5.24. The van der Waals surface area contributed by atoms with Gasteiger partial charge in [-0.3, -0.25) is 4.90 Å². The molecule has 1 saturated heterocycles. The van der Waals surface area contributed by atoms with Crippen molar-refractivity contribution in [3.63, 3.8) is 0 Å². The summed E-state index contributed by atoms with van der Waals surface area (Å²) in [7, 11) is 0. The summed E-state index contributed by atoms with van der Waals surface area (Å²) in [5.41, 5.74) is 4.18. The molecule has 0 bridgehead atoms. The minimum absolute atomic E-state index is 0.523. The fourth-order valence-electron chi connectivity index (χ4n) is 3.01. The van der Waals surface area contributed by atoms with Gasteiger partial charge in [0, 0.05) is 19.1 Å². The number of aryl methyl sites for hydroxylation is 1. The van der Waals surface area contributed by atoms with Crippen molar-refractivity contribution in [3.05, 3.63) is 47.0 Å². The summed E-state index contributed by atoms with van der Waals surface area (Å²) in [6.07, 6.45) is 3.60. The van der Waals surface area contributed by atoms with Crippen LogP contribution in [0.15, 0.2) is 35.9 Å². The third kappa shape index (κ3) is 4.98. The van der Waals surface area contributed by atoms with E-state index < -0.39 is 0 Å². The average molecular weight is 287 g/mol. The van der Waals surface area contributed by atoms with Gasteiger partial charge in [-0.05, 0) is 38.7 Å². The van der Waals surface area contributed by atoms with Gasteiger partial charge in [-0.1, -0.05) is 48.4 Å². The van der Waals surface area contributed by atoms with E-state index in [1.807, 2.05) is 0 Å². The van der Waals surface area contributed by atoms with Crippen LogP contribution >= 0.6 is 0 Å². The number of ether oxygens (including phenoxy) is 1. The lowest BCUT2D eigenvalue weighted by Crippen LogP contribution is -2.43. The topological polar surface area (TPSA) is 12.5 Å². The number of hydrogen-bond acceptors (Lipinski definition) is 2. The molecule has 2 rings (SSSR count). The van der Waals surface area contributed by atoms with Gasteiger partial charge in [-0.15, -0.1) is 0 Å². The number of nitrogens with zero attached hydrogens (tertiary/aromatic N) is 1. The maximum absolute atomic E-state index is 5.50. The van der Waals surface area contributed by atoms with Crippen LogP contribution < -0.4 is 0 Å². The largest absolute Gasteiger partial charge is 0.379 e. The van der Waals surface area contributed by atoms with Crippen molar-refractivity contribution >= 4 is 0 Å². The highest BCUT2D eigenvalue weighted by Gasteiger charge is 2.21. The van der Waals surface area contributed by atoms with Gasteiger partial charge in [0.15, 0.2) is 0 Å². The molecule has 1 heterocycles. The summed E-state index contributed by atoms with van der Waals surface area (Å²) in [5.74, 6) is 0.578. The van der Waals surface area contributed by atoms with E-state index in [4.69, 9.17) is 4.74 Å². The Morgan fingerprint density at radius 3 is 2.38 bits per heavy atom. The van der Waals surface area contributed by atoms with E-state index in [1.54, 1.807) is 0 Å². The van der Waals surface area contributed by atoms with Crippen LogP contribution in [-0.2, 0) is 4.74 Å². The second kappa shape index (κ2) is 7.77. The molecule has 2 heteroatoms. The zero-order valence-corrected chi connectivity index (χ0v) is 13.9. The summed E-state index contributed by atoms with van der Waals surface area (Å²) in [6.45, 7) is 12.7. The second-order valence-corrected chi connectivity index (χ2v) is 6.51. The van der Waals surface area contributed by atoms with Crippen molar-refractivity contribution in [2.45, 2.75) is 46.1 Å². The molecule has 1 aliphatic rings. The SMILES string of the molecule is CC(C)=CC(C[C@H](C)c1ccc(C)cc1)N1CCOCC1. The summed E-state index contributed by atoms with van der Waals surface area (Å²) < 4.78 is 5.50. The molecule has 1 unspecified atom stereocenters. The number of hydrogen-bond donors (Lipinski definition) is 0. The Morgan fingerprint density at radius 2 is 1.81 bits per heavy atom. The first-order valence-electron chi connectivity index (χ1n) is 8.09. The Labute approximate surface area is 129 Å². The molecule has 0 radical (unpaired) electrons. The second-order valence-electron chi connectivity index (χ2n) is 6.51. The predicted octanol–water partition coefficient (Wildman–Crippen LogP) is 4.16. The molecule has 0 aliphatic carbocycles. The zero-order valence-electron chi connectivity index (χ0n) is 13.9. The van der Waals surface area contributed by atoms with Gasteiger partial charge in [-0.25, -0.2) is 0 Å². The molecule has 2 atom stereocenters. The van der Waals surface area contributed by atoms with E-state index in [2.05, 4.69) is 62.9 Å². The Morgan fingerprint density at radius 1 is 1.19 bits per heavy atom. The van der Waals surface area contributed by atoms with E-state index in [0.29, 0.717) is 12.0 Å². The van der Waals surface area contributed by atoms with Crippen LogP contribution in [0.25, 0.3) is 0 Å². The van der Waals surface area contributed by atoms with Gasteiger partial charge < -0.3 is 4.74 Å². The number of benzene rings is 1. The number of morpholine rings is 1. The van der Waals surface area contributed by atoms with E-state index in [1.165, 1.54) is 23.1 Å². The highest BCUT2D eigenvalue weighted by atomic mass is 16.5. The molecule has 21 heavy (non-hydrogen) atoms. The van der Waals surface area contributed by atoms with Gasteiger partial charge >= 0.3 is 0 Å². The summed E-state index contributed by atoms with van der Waals surface area (Å²) in [5, 5.41) is 0. The fourth-order valence-corrected chi connectivity index (χ4v) is 3.01. The third-order valence-corrected chi connectivity index (χ3v) is 4.28. The zero-order chi connectivity index (χ0) is 15.2. The minimum atomic E-state index is 0.523. The first-order valence-corrected chi connectivity index (χ1v) is 8.09. The smallest absolute Gasteiger partial charge is 0.0594 e. The van der Waals surface area contributed by atoms with Gasteiger partial charge in [0.2, 0.25) is 0 Å². The molecule has 1 aliphatic heterocycles. The Kier molecular flexibility index (Phi) is 6.01. The first-order chi connectivity index (χ1) is 10.1. The van der Waals surface area contributed by atoms with Crippen molar-refractivity contribution in [2.75, 3.05) is 26.3 Å². The molecule has 2 nitrogen and oxygen atoms in total. The minimum Gasteiger partial charge on any atom is -0.379 e. The van der Waals surface area contributed by atoms with E-state index in [-0.39, 0.29) is 0 Å². The van der Waals surface area contributed by atoms with Crippen LogP contribution in [0, 0.1) is 6.92 Å². The first kappa shape index (κ1) is 16.3. The summed E-state index contributed by atoms with van der Waals surface area (Å²) in [4.78, 5) is 2.57. The van der Waals surface area contributed by atoms with Gasteiger partial charge in [0.05, 0.1) is 13.2 Å². The number of allylic oxidation sites excluding steroid dienone is 1. The van der Waals surface area contributed by atoms with Crippen molar-refractivity contribution in [3.8, 4) is 0 Å². The molecular formula is C19H29NO. The van der Waals surface area contributed by atoms with E-state index in [0.717, 1.165) is 26.3 Å². The average Bonchev–Trinajstić information content (AvgIpc) is 2.47. The standard InChI is InChI=1S/C19H29NO/c1-15(2)13-19(20-9-11-21-12-10-20)14-17(4)18-7-5-16(3)6-8-18/h5-8,13,17,19H,9-12,14H2,1-4H3/t17-,19?/m0/s1. The Balaban J connectivity index is 2.06. The van der Waals surface area contributed by atoms with Crippen LogP contribution in [-0.4, -0.2) is 37.2 Å². The van der Waals surface area contributed by atoms with Crippen molar-refractivity contribution < 1.29 is 4.74 Å². The fraction of sp³-hybridized carbons (Fsp3) is 0.579. The molecule has 1 aromatic rings.